The highest BCUT2D eigenvalue weighted by atomic mass is 16.5. The molecule has 1 aliphatic heterocycles. The number of ether oxygens (including phenoxy) is 1. The molecule has 1 unspecified atom stereocenters. The first-order valence-corrected chi connectivity index (χ1v) is 6.95. The Morgan fingerprint density at radius 3 is 3.00 bits per heavy atom. The molecule has 2 aromatic heterocycles. The summed E-state index contributed by atoms with van der Waals surface area (Å²) in [5.41, 5.74) is 0.826. The van der Waals surface area contributed by atoms with Crippen LogP contribution in [0.15, 0.2) is 29.0 Å². The van der Waals surface area contributed by atoms with Gasteiger partial charge in [-0.2, -0.15) is 4.98 Å². The predicted molar refractivity (Wildman–Crippen MR) is 73.2 cm³/mol. The molecule has 1 saturated heterocycles. The fourth-order valence-electron chi connectivity index (χ4n) is 2.16. The van der Waals surface area contributed by atoms with E-state index in [1.807, 2.05) is 0 Å². The number of carbonyl (C=O) groups excluding carboxylic acids is 1. The van der Waals surface area contributed by atoms with Gasteiger partial charge in [0, 0.05) is 37.5 Å². The molecule has 7 nitrogen and oxygen atoms in total. The summed E-state index contributed by atoms with van der Waals surface area (Å²) in [5, 5.41) is 6.72. The quantitative estimate of drug-likeness (QED) is 0.881. The van der Waals surface area contributed by atoms with E-state index in [9.17, 15) is 4.79 Å². The van der Waals surface area contributed by atoms with Crippen LogP contribution in [0.3, 0.4) is 0 Å². The molecule has 110 valence electrons. The Hall–Kier alpha value is -2.28. The summed E-state index contributed by atoms with van der Waals surface area (Å²) >= 11 is 0. The lowest BCUT2D eigenvalue weighted by Crippen LogP contribution is -2.35. The van der Waals surface area contributed by atoms with E-state index in [-0.39, 0.29) is 12.0 Å². The Balaban J connectivity index is 1.50. The van der Waals surface area contributed by atoms with Crippen LogP contribution in [-0.4, -0.2) is 40.3 Å². The fourth-order valence-corrected chi connectivity index (χ4v) is 2.16. The second kappa shape index (κ2) is 6.45. The summed E-state index contributed by atoms with van der Waals surface area (Å²) in [7, 11) is 0. The predicted octanol–water partition coefficient (Wildman–Crippen LogP) is 0.969. The Kier molecular flexibility index (Phi) is 4.20. The lowest BCUT2D eigenvalue weighted by Gasteiger charge is -2.08. The first-order chi connectivity index (χ1) is 10.3. The Labute approximate surface area is 121 Å². The van der Waals surface area contributed by atoms with Gasteiger partial charge in [-0.1, -0.05) is 5.16 Å². The summed E-state index contributed by atoms with van der Waals surface area (Å²) in [6, 6.07) is 3.60. The molecule has 1 fully saturated rings. The third-order valence-electron chi connectivity index (χ3n) is 3.27. The van der Waals surface area contributed by atoms with E-state index >= 15 is 0 Å². The highest BCUT2D eigenvalue weighted by Gasteiger charge is 2.23. The van der Waals surface area contributed by atoms with Crippen LogP contribution in [-0.2, 0) is 16.0 Å². The topological polar surface area (TPSA) is 90.1 Å². The lowest BCUT2D eigenvalue weighted by molar-refractivity contribution is -0.129. The maximum absolute atomic E-state index is 11.8. The molecule has 7 heteroatoms. The van der Waals surface area contributed by atoms with Crippen molar-refractivity contribution in [3.05, 3.63) is 30.4 Å². The van der Waals surface area contributed by atoms with E-state index in [2.05, 4.69) is 20.4 Å². The van der Waals surface area contributed by atoms with E-state index < -0.39 is 0 Å². The largest absolute Gasteiger partial charge is 0.368 e. The van der Waals surface area contributed by atoms with Crippen LogP contribution in [0.2, 0.25) is 0 Å². The summed E-state index contributed by atoms with van der Waals surface area (Å²) in [5.74, 6) is 0.956. The van der Waals surface area contributed by atoms with Gasteiger partial charge < -0.3 is 14.6 Å². The van der Waals surface area contributed by atoms with Gasteiger partial charge in [0.1, 0.15) is 6.10 Å². The van der Waals surface area contributed by atoms with Crippen LogP contribution in [0.1, 0.15) is 18.7 Å². The number of amides is 1. The van der Waals surface area contributed by atoms with E-state index in [0.29, 0.717) is 31.3 Å². The molecule has 1 atom stereocenters. The molecular formula is C14H16N4O3. The van der Waals surface area contributed by atoms with Gasteiger partial charge in [0.2, 0.25) is 5.91 Å². The van der Waals surface area contributed by atoms with Crippen molar-refractivity contribution >= 4 is 5.91 Å². The van der Waals surface area contributed by atoms with Crippen molar-refractivity contribution < 1.29 is 14.1 Å². The van der Waals surface area contributed by atoms with Crippen molar-refractivity contribution in [3.63, 3.8) is 0 Å². The molecule has 3 rings (SSSR count). The summed E-state index contributed by atoms with van der Waals surface area (Å²) in [4.78, 5) is 20.0. The van der Waals surface area contributed by atoms with Crippen LogP contribution in [0.5, 0.6) is 0 Å². The van der Waals surface area contributed by atoms with Gasteiger partial charge in [-0.25, -0.2) is 0 Å². The maximum atomic E-state index is 11.8. The van der Waals surface area contributed by atoms with Crippen LogP contribution in [0.25, 0.3) is 11.5 Å². The molecule has 1 amide bonds. The Morgan fingerprint density at radius 2 is 2.24 bits per heavy atom. The number of pyridine rings is 1. The molecular weight excluding hydrogens is 272 g/mol. The van der Waals surface area contributed by atoms with Crippen molar-refractivity contribution in [3.8, 4) is 11.5 Å². The van der Waals surface area contributed by atoms with Gasteiger partial charge >= 0.3 is 0 Å². The molecule has 0 bridgehead atoms. The standard InChI is InChI=1S/C14H16N4O3/c19-13(11-2-1-9-20-11)16-8-5-12-17-14(21-18-12)10-3-6-15-7-4-10/h3-4,6-7,11H,1-2,5,8-9H2,(H,16,19). The van der Waals surface area contributed by atoms with Crippen molar-refractivity contribution in [1.29, 1.82) is 0 Å². The molecule has 2 aromatic rings. The third-order valence-corrected chi connectivity index (χ3v) is 3.27. The molecule has 3 heterocycles. The van der Waals surface area contributed by atoms with Crippen LogP contribution >= 0.6 is 0 Å². The lowest BCUT2D eigenvalue weighted by atomic mass is 10.2. The molecule has 0 aliphatic carbocycles. The molecule has 1 aliphatic rings. The number of hydrogen-bond donors (Lipinski definition) is 1. The first-order valence-electron chi connectivity index (χ1n) is 6.95. The van der Waals surface area contributed by atoms with E-state index in [0.717, 1.165) is 18.4 Å². The smallest absolute Gasteiger partial charge is 0.258 e. The number of nitrogens with zero attached hydrogens (tertiary/aromatic N) is 3. The molecule has 0 aromatic carbocycles. The Bertz CT molecular complexity index is 593. The minimum absolute atomic E-state index is 0.0645. The first kappa shape index (κ1) is 13.7. The highest BCUT2D eigenvalue weighted by Crippen LogP contribution is 2.15. The molecule has 0 radical (unpaired) electrons. The molecule has 1 N–H and O–H groups in total. The van der Waals surface area contributed by atoms with E-state index in [1.54, 1.807) is 24.5 Å². The number of nitrogens with one attached hydrogen (secondary N) is 1. The molecule has 0 saturated carbocycles. The maximum Gasteiger partial charge on any atom is 0.258 e. The highest BCUT2D eigenvalue weighted by molar-refractivity contribution is 5.80. The van der Waals surface area contributed by atoms with Crippen molar-refractivity contribution in [2.24, 2.45) is 0 Å². The van der Waals surface area contributed by atoms with E-state index in [4.69, 9.17) is 9.26 Å². The second-order valence-corrected chi connectivity index (χ2v) is 4.79. The minimum Gasteiger partial charge on any atom is -0.368 e. The average Bonchev–Trinajstić information content (AvgIpc) is 3.20. The fraction of sp³-hybridized carbons (Fsp3) is 0.429. The second-order valence-electron chi connectivity index (χ2n) is 4.79. The van der Waals surface area contributed by atoms with Crippen molar-refractivity contribution in [2.75, 3.05) is 13.2 Å². The summed E-state index contributed by atoms with van der Waals surface area (Å²) in [6.07, 6.45) is 5.29. The zero-order valence-corrected chi connectivity index (χ0v) is 11.5. The van der Waals surface area contributed by atoms with Crippen LogP contribution in [0.4, 0.5) is 0 Å². The third kappa shape index (κ3) is 3.43. The van der Waals surface area contributed by atoms with Crippen molar-refractivity contribution in [1.82, 2.24) is 20.4 Å². The van der Waals surface area contributed by atoms with Gasteiger partial charge in [0.05, 0.1) is 0 Å². The number of rotatable bonds is 5. The summed E-state index contributed by atoms with van der Waals surface area (Å²) < 4.78 is 10.5. The number of carbonyl (C=O) groups is 1. The average molecular weight is 288 g/mol. The van der Waals surface area contributed by atoms with Gasteiger partial charge in [-0.3, -0.25) is 9.78 Å². The minimum atomic E-state index is -0.303. The van der Waals surface area contributed by atoms with Crippen molar-refractivity contribution in [2.45, 2.75) is 25.4 Å². The normalized spacial score (nSPS) is 17.8. The van der Waals surface area contributed by atoms with Crippen LogP contribution < -0.4 is 5.32 Å². The molecule has 21 heavy (non-hydrogen) atoms. The van der Waals surface area contributed by atoms with E-state index in [1.165, 1.54) is 0 Å². The zero-order valence-electron chi connectivity index (χ0n) is 11.5. The molecule has 0 spiro atoms. The number of aromatic nitrogens is 3. The SMILES string of the molecule is O=C(NCCc1noc(-c2ccncc2)n1)C1CCCO1. The van der Waals surface area contributed by atoms with Gasteiger partial charge in [-0.05, 0) is 25.0 Å². The van der Waals surface area contributed by atoms with Gasteiger partial charge in [0.15, 0.2) is 5.82 Å². The Morgan fingerprint density at radius 1 is 1.38 bits per heavy atom. The number of hydrogen-bond acceptors (Lipinski definition) is 6. The monoisotopic (exact) mass is 288 g/mol. The van der Waals surface area contributed by atoms with Crippen LogP contribution in [0, 0.1) is 0 Å². The van der Waals surface area contributed by atoms with Gasteiger partial charge in [0.25, 0.3) is 5.89 Å². The van der Waals surface area contributed by atoms with Gasteiger partial charge in [-0.15, -0.1) is 0 Å². The summed E-state index contributed by atoms with van der Waals surface area (Å²) in [6.45, 7) is 1.13. The zero-order chi connectivity index (χ0) is 14.5.